The van der Waals surface area contributed by atoms with Gasteiger partial charge in [-0.2, -0.15) is 0 Å². The Labute approximate surface area is 63.9 Å². The van der Waals surface area contributed by atoms with Crippen LogP contribution in [0.15, 0.2) is 5.16 Å². The summed E-state index contributed by atoms with van der Waals surface area (Å²) >= 11 is 0. The molecule has 11 heavy (non-hydrogen) atoms. The molecular weight excluding hydrogens is 150 g/mol. The van der Waals surface area contributed by atoms with Crippen molar-refractivity contribution < 1.29 is 20.2 Å². The first-order valence-electron chi connectivity index (χ1n) is 3.39. The molecule has 1 rings (SSSR count). The van der Waals surface area contributed by atoms with Gasteiger partial charge in [-0.05, 0) is 0 Å². The second-order valence-electron chi connectivity index (χ2n) is 2.41. The summed E-state index contributed by atoms with van der Waals surface area (Å²) in [5, 5.41) is 29.6. The minimum atomic E-state index is -0.914. The van der Waals surface area contributed by atoms with E-state index in [1.165, 1.54) is 0 Å². The van der Waals surface area contributed by atoms with Crippen LogP contribution in [0.4, 0.5) is 0 Å². The van der Waals surface area contributed by atoms with Gasteiger partial charge in [0.05, 0.1) is 18.9 Å². The van der Waals surface area contributed by atoms with Gasteiger partial charge in [-0.1, -0.05) is 5.16 Å². The van der Waals surface area contributed by atoms with Crippen LogP contribution < -0.4 is 0 Å². The van der Waals surface area contributed by atoms with Gasteiger partial charge in [-0.25, -0.2) is 0 Å². The number of aliphatic hydroxyl groups is 3. The molecule has 0 spiro atoms. The van der Waals surface area contributed by atoms with Crippen molar-refractivity contribution in [3.05, 3.63) is 0 Å². The highest BCUT2D eigenvalue weighted by molar-refractivity contribution is 5.86. The fourth-order valence-electron chi connectivity index (χ4n) is 0.866. The topological polar surface area (TPSA) is 82.3 Å². The summed E-state index contributed by atoms with van der Waals surface area (Å²) in [7, 11) is 0. The van der Waals surface area contributed by atoms with Gasteiger partial charge in [0.15, 0.2) is 6.10 Å². The van der Waals surface area contributed by atoms with E-state index in [4.69, 9.17) is 20.2 Å². The van der Waals surface area contributed by atoms with Gasteiger partial charge in [0.1, 0.15) is 6.10 Å². The fraction of sp³-hybridized carbons (Fsp3) is 0.833. The molecule has 5 heteroatoms. The third-order valence-corrected chi connectivity index (χ3v) is 1.55. The first-order chi connectivity index (χ1) is 5.27. The van der Waals surface area contributed by atoms with Crippen molar-refractivity contribution in [3.63, 3.8) is 0 Å². The van der Waals surface area contributed by atoms with Crippen molar-refractivity contribution in [1.29, 1.82) is 0 Å². The second-order valence-corrected chi connectivity index (χ2v) is 2.41. The molecule has 0 fully saturated rings. The highest BCUT2D eigenvalue weighted by Crippen LogP contribution is 2.13. The molecule has 0 aromatic heterocycles. The number of rotatable bonds is 3. The van der Waals surface area contributed by atoms with Gasteiger partial charge in [-0.3, -0.25) is 0 Å². The molecular formula is C6H11NO4. The van der Waals surface area contributed by atoms with Gasteiger partial charge in [0, 0.05) is 6.42 Å². The fourth-order valence-corrected chi connectivity index (χ4v) is 0.866. The summed E-state index contributed by atoms with van der Waals surface area (Å²) in [6.45, 7) is -0.506. The summed E-state index contributed by atoms with van der Waals surface area (Å²) in [6, 6.07) is 0. The molecule has 0 aromatic carbocycles. The van der Waals surface area contributed by atoms with Gasteiger partial charge in [-0.15, -0.1) is 0 Å². The van der Waals surface area contributed by atoms with Crippen molar-refractivity contribution in [3.8, 4) is 0 Å². The molecule has 2 unspecified atom stereocenters. The number of hydrogen-bond donors (Lipinski definition) is 3. The third-order valence-electron chi connectivity index (χ3n) is 1.55. The highest BCUT2D eigenvalue weighted by atomic mass is 16.7. The third kappa shape index (κ3) is 1.89. The summed E-state index contributed by atoms with van der Waals surface area (Å²) in [6.07, 6.45) is -1.02. The zero-order valence-corrected chi connectivity index (χ0v) is 5.97. The van der Waals surface area contributed by atoms with E-state index in [-0.39, 0.29) is 13.2 Å². The Balaban J connectivity index is 2.34. The molecule has 1 aliphatic rings. The summed E-state index contributed by atoms with van der Waals surface area (Å²) in [4.78, 5) is 4.73. The molecule has 0 aromatic rings. The van der Waals surface area contributed by atoms with Crippen LogP contribution in [0.2, 0.25) is 0 Å². The molecule has 0 saturated carbocycles. The van der Waals surface area contributed by atoms with Crippen molar-refractivity contribution >= 4 is 5.71 Å². The Hall–Kier alpha value is -0.650. The molecule has 3 N–H and O–H groups in total. The highest BCUT2D eigenvalue weighted by Gasteiger charge is 2.26. The average Bonchev–Trinajstić information content (AvgIpc) is 2.50. The monoisotopic (exact) mass is 161 g/mol. The average molecular weight is 161 g/mol. The van der Waals surface area contributed by atoms with Gasteiger partial charge in [0.2, 0.25) is 0 Å². The summed E-state index contributed by atoms with van der Waals surface area (Å²) < 4.78 is 0. The lowest BCUT2D eigenvalue weighted by molar-refractivity contribution is -0.0407. The lowest BCUT2D eigenvalue weighted by atomic mass is 10.1. The van der Waals surface area contributed by atoms with Crippen LogP contribution in [-0.2, 0) is 4.84 Å². The lowest BCUT2D eigenvalue weighted by Crippen LogP contribution is -2.29. The van der Waals surface area contributed by atoms with Crippen molar-refractivity contribution in [2.24, 2.45) is 5.16 Å². The maximum Gasteiger partial charge on any atom is 0.160 e. The van der Waals surface area contributed by atoms with E-state index in [9.17, 15) is 0 Å². The van der Waals surface area contributed by atoms with Crippen molar-refractivity contribution in [2.45, 2.75) is 18.6 Å². The second kappa shape index (κ2) is 3.66. The van der Waals surface area contributed by atoms with E-state index < -0.39 is 12.2 Å². The molecule has 0 bridgehead atoms. The van der Waals surface area contributed by atoms with Crippen LogP contribution in [0.3, 0.4) is 0 Å². The van der Waals surface area contributed by atoms with E-state index in [2.05, 4.69) is 5.16 Å². The predicted octanol–water partition coefficient (Wildman–Crippen LogP) is -1.52. The SMILES string of the molecule is OCC1=NOC(C(O)CO)C1. The normalized spacial score (nSPS) is 26.1. The maximum atomic E-state index is 9.04. The molecule has 1 heterocycles. The first-order valence-corrected chi connectivity index (χ1v) is 3.39. The number of oxime groups is 1. The Kier molecular flexibility index (Phi) is 2.81. The van der Waals surface area contributed by atoms with E-state index in [0.29, 0.717) is 12.1 Å². The Morgan fingerprint density at radius 2 is 2.36 bits per heavy atom. The molecule has 0 saturated heterocycles. The zero-order valence-electron chi connectivity index (χ0n) is 5.97. The van der Waals surface area contributed by atoms with Gasteiger partial charge >= 0.3 is 0 Å². The van der Waals surface area contributed by atoms with Gasteiger partial charge in [0.25, 0.3) is 0 Å². The molecule has 2 atom stereocenters. The maximum absolute atomic E-state index is 9.04. The molecule has 0 radical (unpaired) electrons. The summed E-state index contributed by atoms with van der Waals surface area (Å²) in [5.74, 6) is 0. The van der Waals surface area contributed by atoms with E-state index in [1.807, 2.05) is 0 Å². The predicted molar refractivity (Wildman–Crippen MR) is 37.1 cm³/mol. The van der Waals surface area contributed by atoms with Crippen LogP contribution in [0, 0.1) is 0 Å². The number of aliphatic hydroxyl groups excluding tert-OH is 3. The largest absolute Gasteiger partial charge is 0.394 e. The van der Waals surface area contributed by atoms with Crippen LogP contribution >= 0.6 is 0 Å². The Bertz CT molecular complexity index is 159. The van der Waals surface area contributed by atoms with Gasteiger partial charge < -0.3 is 20.2 Å². The Morgan fingerprint density at radius 3 is 2.82 bits per heavy atom. The van der Waals surface area contributed by atoms with Crippen LogP contribution in [0.5, 0.6) is 0 Å². The quantitative estimate of drug-likeness (QED) is 0.469. The molecule has 1 aliphatic heterocycles. The van der Waals surface area contributed by atoms with Crippen molar-refractivity contribution in [1.82, 2.24) is 0 Å². The first kappa shape index (κ1) is 8.45. The summed E-state index contributed by atoms with van der Waals surface area (Å²) in [5.41, 5.74) is 0.502. The standard InChI is InChI=1S/C6H11NO4/c8-2-4-1-6(11-7-4)5(10)3-9/h5-6,8-10H,1-3H2. The van der Waals surface area contributed by atoms with Crippen LogP contribution in [0.25, 0.3) is 0 Å². The van der Waals surface area contributed by atoms with Crippen molar-refractivity contribution in [2.75, 3.05) is 13.2 Å². The van der Waals surface area contributed by atoms with Crippen LogP contribution in [-0.4, -0.2) is 46.5 Å². The number of nitrogens with zero attached hydrogens (tertiary/aromatic N) is 1. The molecule has 0 amide bonds. The minimum absolute atomic E-state index is 0.158. The van der Waals surface area contributed by atoms with Crippen LogP contribution in [0.1, 0.15) is 6.42 Å². The van der Waals surface area contributed by atoms with E-state index in [0.717, 1.165) is 0 Å². The van der Waals surface area contributed by atoms with E-state index in [1.54, 1.807) is 0 Å². The Morgan fingerprint density at radius 1 is 1.64 bits per heavy atom. The molecule has 64 valence electrons. The number of hydrogen-bond acceptors (Lipinski definition) is 5. The van der Waals surface area contributed by atoms with E-state index >= 15 is 0 Å². The molecule has 0 aliphatic carbocycles. The molecule has 5 nitrogen and oxygen atoms in total. The lowest BCUT2D eigenvalue weighted by Gasteiger charge is -2.12. The smallest absolute Gasteiger partial charge is 0.160 e. The minimum Gasteiger partial charge on any atom is -0.394 e. The zero-order chi connectivity index (χ0) is 8.27.